The third-order valence-electron chi connectivity index (χ3n) is 1.99. The largest absolute Gasteiger partial charge is 0.494 e. The molecule has 1 atom stereocenters. The van der Waals surface area contributed by atoms with Crippen LogP contribution in [0.3, 0.4) is 0 Å². The topological polar surface area (TPSA) is 61.5 Å². The molecule has 0 aliphatic heterocycles. The SMILES string of the molecule is COC(=O)[C@@H](N)c1ccc(OC)c(F)c1. The number of esters is 1. The van der Waals surface area contributed by atoms with Crippen molar-refractivity contribution in [1.82, 2.24) is 0 Å². The summed E-state index contributed by atoms with van der Waals surface area (Å²) in [6.45, 7) is 0. The number of rotatable bonds is 3. The molecular weight excluding hydrogens is 201 g/mol. The van der Waals surface area contributed by atoms with Crippen molar-refractivity contribution in [3.8, 4) is 5.75 Å². The minimum absolute atomic E-state index is 0.107. The van der Waals surface area contributed by atoms with E-state index in [1.165, 1.54) is 26.4 Å². The van der Waals surface area contributed by atoms with Crippen molar-refractivity contribution in [2.45, 2.75) is 6.04 Å². The van der Waals surface area contributed by atoms with Crippen molar-refractivity contribution in [3.05, 3.63) is 29.6 Å². The second kappa shape index (κ2) is 4.75. The van der Waals surface area contributed by atoms with E-state index in [-0.39, 0.29) is 5.75 Å². The van der Waals surface area contributed by atoms with Crippen molar-refractivity contribution in [3.63, 3.8) is 0 Å². The van der Waals surface area contributed by atoms with Crippen LogP contribution in [-0.4, -0.2) is 20.2 Å². The van der Waals surface area contributed by atoms with E-state index in [1.54, 1.807) is 0 Å². The number of halogens is 1. The lowest BCUT2D eigenvalue weighted by atomic mass is 10.1. The molecule has 0 bridgehead atoms. The van der Waals surface area contributed by atoms with Crippen molar-refractivity contribution in [2.75, 3.05) is 14.2 Å². The Hall–Kier alpha value is -1.62. The molecule has 0 amide bonds. The summed E-state index contributed by atoms with van der Waals surface area (Å²) in [5.74, 6) is -1.07. The lowest BCUT2D eigenvalue weighted by molar-refractivity contribution is -0.142. The smallest absolute Gasteiger partial charge is 0.327 e. The van der Waals surface area contributed by atoms with Crippen molar-refractivity contribution < 1.29 is 18.7 Å². The summed E-state index contributed by atoms with van der Waals surface area (Å²) in [5, 5.41) is 0. The normalized spacial score (nSPS) is 12.0. The Labute approximate surface area is 86.8 Å². The molecule has 0 spiro atoms. The van der Waals surface area contributed by atoms with Gasteiger partial charge in [0.25, 0.3) is 0 Å². The van der Waals surface area contributed by atoms with Crippen LogP contribution in [0.25, 0.3) is 0 Å². The van der Waals surface area contributed by atoms with E-state index in [1.807, 2.05) is 0 Å². The molecule has 5 heteroatoms. The lowest BCUT2D eigenvalue weighted by Crippen LogP contribution is -2.22. The van der Waals surface area contributed by atoms with E-state index >= 15 is 0 Å². The second-order valence-electron chi connectivity index (χ2n) is 2.89. The zero-order valence-electron chi connectivity index (χ0n) is 8.49. The molecule has 82 valence electrons. The van der Waals surface area contributed by atoms with Gasteiger partial charge in [0.15, 0.2) is 11.6 Å². The molecule has 0 fully saturated rings. The molecule has 1 rings (SSSR count). The maximum Gasteiger partial charge on any atom is 0.327 e. The van der Waals surface area contributed by atoms with E-state index < -0.39 is 17.8 Å². The van der Waals surface area contributed by atoms with E-state index in [0.717, 1.165) is 6.07 Å². The maximum atomic E-state index is 13.2. The Balaban J connectivity index is 2.97. The number of methoxy groups -OCH3 is 2. The Morgan fingerprint density at radius 3 is 2.60 bits per heavy atom. The summed E-state index contributed by atoms with van der Waals surface area (Å²) < 4.78 is 22.4. The van der Waals surface area contributed by atoms with Crippen LogP contribution in [0.5, 0.6) is 5.75 Å². The van der Waals surface area contributed by atoms with E-state index in [2.05, 4.69) is 4.74 Å². The fourth-order valence-electron chi connectivity index (χ4n) is 1.14. The summed E-state index contributed by atoms with van der Waals surface area (Å²) in [5.41, 5.74) is 5.87. The summed E-state index contributed by atoms with van der Waals surface area (Å²) in [6, 6.07) is 3.10. The molecule has 0 saturated heterocycles. The van der Waals surface area contributed by atoms with Crippen molar-refractivity contribution in [2.24, 2.45) is 5.73 Å². The minimum Gasteiger partial charge on any atom is -0.494 e. The Bertz CT molecular complexity index is 368. The van der Waals surface area contributed by atoms with Gasteiger partial charge in [-0.05, 0) is 17.7 Å². The molecule has 0 unspecified atom stereocenters. The van der Waals surface area contributed by atoms with Crippen molar-refractivity contribution in [1.29, 1.82) is 0 Å². The number of nitrogens with two attached hydrogens (primary N) is 1. The molecule has 0 radical (unpaired) electrons. The lowest BCUT2D eigenvalue weighted by Gasteiger charge is -2.10. The first-order chi connectivity index (χ1) is 7.10. The predicted molar refractivity (Wildman–Crippen MR) is 51.9 cm³/mol. The van der Waals surface area contributed by atoms with Crippen LogP contribution in [0.4, 0.5) is 4.39 Å². The first-order valence-corrected chi connectivity index (χ1v) is 4.27. The third kappa shape index (κ3) is 2.44. The number of hydrogen-bond donors (Lipinski definition) is 1. The van der Waals surface area contributed by atoms with E-state index in [0.29, 0.717) is 5.56 Å². The van der Waals surface area contributed by atoms with Crippen LogP contribution in [0.2, 0.25) is 0 Å². The number of benzene rings is 1. The summed E-state index contributed by atoms with van der Waals surface area (Å²) >= 11 is 0. The fourth-order valence-corrected chi connectivity index (χ4v) is 1.14. The predicted octanol–water partition coefficient (Wildman–Crippen LogP) is 1.01. The highest BCUT2D eigenvalue weighted by atomic mass is 19.1. The maximum absolute atomic E-state index is 13.2. The number of ether oxygens (including phenoxy) is 2. The first-order valence-electron chi connectivity index (χ1n) is 4.27. The summed E-state index contributed by atoms with van der Waals surface area (Å²) in [6.07, 6.45) is 0. The molecule has 15 heavy (non-hydrogen) atoms. The quantitative estimate of drug-likeness (QED) is 0.761. The average Bonchev–Trinajstić information content (AvgIpc) is 2.26. The van der Waals surface area contributed by atoms with Crippen LogP contribution < -0.4 is 10.5 Å². The van der Waals surface area contributed by atoms with Gasteiger partial charge >= 0.3 is 5.97 Å². The van der Waals surface area contributed by atoms with E-state index in [9.17, 15) is 9.18 Å². The van der Waals surface area contributed by atoms with Crippen LogP contribution in [-0.2, 0) is 9.53 Å². The molecule has 0 aromatic heterocycles. The molecule has 0 aliphatic rings. The van der Waals surface area contributed by atoms with Gasteiger partial charge < -0.3 is 15.2 Å². The van der Waals surface area contributed by atoms with Gasteiger partial charge in [0.2, 0.25) is 0 Å². The van der Waals surface area contributed by atoms with Gasteiger partial charge in [-0.3, -0.25) is 4.79 Å². The number of carbonyl (C=O) groups is 1. The van der Waals surface area contributed by atoms with Gasteiger partial charge in [-0.1, -0.05) is 6.07 Å². The van der Waals surface area contributed by atoms with Gasteiger partial charge in [-0.15, -0.1) is 0 Å². The third-order valence-corrected chi connectivity index (χ3v) is 1.99. The highest BCUT2D eigenvalue weighted by Gasteiger charge is 2.17. The Kier molecular flexibility index (Phi) is 3.62. The fraction of sp³-hybridized carbons (Fsp3) is 0.300. The van der Waals surface area contributed by atoms with Gasteiger partial charge in [-0.25, -0.2) is 4.39 Å². The Morgan fingerprint density at radius 2 is 2.13 bits per heavy atom. The van der Waals surface area contributed by atoms with Gasteiger partial charge in [0, 0.05) is 0 Å². The summed E-state index contributed by atoms with van der Waals surface area (Å²) in [7, 11) is 2.58. The number of carbonyl (C=O) groups excluding carboxylic acids is 1. The Morgan fingerprint density at radius 1 is 1.47 bits per heavy atom. The number of hydrogen-bond acceptors (Lipinski definition) is 4. The molecule has 1 aromatic carbocycles. The van der Waals surface area contributed by atoms with Crippen molar-refractivity contribution >= 4 is 5.97 Å². The highest BCUT2D eigenvalue weighted by Crippen LogP contribution is 2.21. The molecule has 0 aliphatic carbocycles. The van der Waals surface area contributed by atoms with Crippen LogP contribution in [0.15, 0.2) is 18.2 Å². The molecule has 1 aromatic rings. The van der Waals surface area contributed by atoms with Crippen LogP contribution >= 0.6 is 0 Å². The standard InChI is InChI=1S/C10H12FNO3/c1-14-8-4-3-6(5-7(8)11)9(12)10(13)15-2/h3-5,9H,12H2,1-2H3/t9-/m0/s1. The van der Waals surface area contributed by atoms with E-state index in [4.69, 9.17) is 10.5 Å². The monoisotopic (exact) mass is 213 g/mol. The van der Waals surface area contributed by atoms with Crippen LogP contribution in [0, 0.1) is 5.82 Å². The average molecular weight is 213 g/mol. The zero-order valence-corrected chi connectivity index (χ0v) is 8.49. The molecule has 0 heterocycles. The second-order valence-corrected chi connectivity index (χ2v) is 2.89. The highest BCUT2D eigenvalue weighted by molar-refractivity contribution is 5.77. The minimum atomic E-state index is -0.976. The summed E-state index contributed by atoms with van der Waals surface area (Å²) in [4.78, 5) is 11.1. The molecular formula is C10H12FNO3. The molecule has 2 N–H and O–H groups in total. The molecule has 0 saturated carbocycles. The zero-order chi connectivity index (χ0) is 11.4. The van der Waals surface area contributed by atoms with Gasteiger partial charge in [0.05, 0.1) is 14.2 Å². The first kappa shape index (κ1) is 11.5. The van der Waals surface area contributed by atoms with Crippen LogP contribution in [0.1, 0.15) is 11.6 Å². The molecule has 4 nitrogen and oxygen atoms in total. The van der Waals surface area contributed by atoms with Gasteiger partial charge in [-0.2, -0.15) is 0 Å². The van der Waals surface area contributed by atoms with Gasteiger partial charge in [0.1, 0.15) is 6.04 Å².